The number of aliphatic carboxylic acids is 1. The van der Waals surface area contributed by atoms with Crippen LogP contribution in [0.1, 0.15) is 76.0 Å². The first-order valence-electron chi connectivity index (χ1n) is 13.4. The number of nitrogens with zero attached hydrogens (tertiary/aromatic N) is 1. The third-order valence-electron chi connectivity index (χ3n) is 8.44. The van der Waals surface area contributed by atoms with Crippen LogP contribution in [0.25, 0.3) is 0 Å². The van der Waals surface area contributed by atoms with E-state index in [1.807, 2.05) is 0 Å². The summed E-state index contributed by atoms with van der Waals surface area (Å²) in [5.41, 5.74) is 1.35. The van der Waals surface area contributed by atoms with Crippen LogP contribution in [-0.2, 0) is 16.0 Å². The van der Waals surface area contributed by atoms with E-state index >= 15 is 0 Å². The lowest BCUT2D eigenvalue weighted by molar-refractivity contribution is -0.146. The van der Waals surface area contributed by atoms with Crippen molar-refractivity contribution in [1.29, 1.82) is 0 Å². The SMILES string of the molecule is COc1cc2c(cc1OC)C1CC(COC(=O)NC3(C(=O)O)CCCCC3)C(CC(C)C)CN1CC2. The van der Waals surface area contributed by atoms with Crippen LogP contribution in [0.15, 0.2) is 12.1 Å². The highest BCUT2D eigenvalue weighted by molar-refractivity contribution is 5.84. The number of fused-ring (bicyclic) bond motifs is 3. The van der Waals surface area contributed by atoms with Crippen LogP contribution in [0.3, 0.4) is 0 Å². The highest BCUT2D eigenvalue weighted by atomic mass is 16.5. The number of methoxy groups -OCH3 is 2. The molecule has 1 aliphatic carbocycles. The quantitative estimate of drug-likeness (QED) is 0.527. The second-order valence-electron chi connectivity index (χ2n) is 11.2. The molecule has 1 aromatic carbocycles. The van der Waals surface area contributed by atoms with Crippen molar-refractivity contribution < 1.29 is 28.9 Å². The van der Waals surface area contributed by atoms with Crippen LogP contribution < -0.4 is 14.8 Å². The largest absolute Gasteiger partial charge is 0.493 e. The van der Waals surface area contributed by atoms with E-state index in [2.05, 4.69) is 36.2 Å². The number of benzene rings is 1. The normalized spacial score (nSPS) is 25.4. The topological polar surface area (TPSA) is 97.3 Å². The molecule has 2 heterocycles. The monoisotopic (exact) mass is 502 g/mol. The second kappa shape index (κ2) is 11.3. The molecule has 4 rings (SSSR count). The minimum atomic E-state index is -1.20. The standard InChI is InChI=1S/C28H42N2O6/c1-18(2)12-20-16-30-11-8-19-14-24(34-3)25(35-4)15-22(19)23(30)13-21(20)17-36-27(33)29-28(26(31)32)9-6-5-7-10-28/h14-15,18,20-21,23H,5-13,16-17H2,1-4H3,(H,29,33)(H,31,32). The molecule has 1 saturated heterocycles. The molecule has 0 bridgehead atoms. The van der Waals surface area contributed by atoms with E-state index in [4.69, 9.17) is 14.2 Å². The van der Waals surface area contributed by atoms with Gasteiger partial charge < -0.3 is 24.6 Å². The summed E-state index contributed by atoms with van der Waals surface area (Å²) in [4.78, 5) is 27.3. The van der Waals surface area contributed by atoms with E-state index in [-0.39, 0.29) is 12.0 Å². The third kappa shape index (κ3) is 5.58. The number of hydrogen-bond donors (Lipinski definition) is 2. The van der Waals surface area contributed by atoms with Crippen molar-refractivity contribution in [2.24, 2.45) is 17.8 Å². The average Bonchev–Trinajstić information content (AvgIpc) is 2.86. The maximum Gasteiger partial charge on any atom is 0.408 e. The van der Waals surface area contributed by atoms with E-state index in [1.54, 1.807) is 14.2 Å². The number of carbonyl (C=O) groups is 2. The second-order valence-corrected chi connectivity index (χ2v) is 11.2. The zero-order valence-electron chi connectivity index (χ0n) is 22.2. The molecule has 0 radical (unpaired) electrons. The maximum absolute atomic E-state index is 12.8. The number of alkyl carbamates (subject to hydrolysis) is 1. The first-order chi connectivity index (χ1) is 17.3. The van der Waals surface area contributed by atoms with Crippen LogP contribution in [0, 0.1) is 17.8 Å². The molecule has 3 atom stereocenters. The molecule has 1 saturated carbocycles. The van der Waals surface area contributed by atoms with Gasteiger partial charge in [-0.25, -0.2) is 9.59 Å². The summed E-state index contributed by atoms with van der Waals surface area (Å²) in [6.07, 6.45) is 5.83. The van der Waals surface area contributed by atoms with Gasteiger partial charge in [-0.2, -0.15) is 0 Å². The van der Waals surface area contributed by atoms with Crippen molar-refractivity contribution in [3.8, 4) is 11.5 Å². The van der Waals surface area contributed by atoms with Gasteiger partial charge in [-0.3, -0.25) is 4.90 Å². The van der Waals surface area contributed by atoms with Gasteiger partial charge in [0.1, 0.15) is 5.54 Å². The van der Waals surface area contributed by atoms with Gasteiger partial charge in [0, 0.05) is 19.1 Å². The predicted octanol–water partition coefficient (Wildman–Crippen LogP) is 4.80. The number of carboxylic acid groups (broad SMARTS) is 1. The fourth-order valence-electron chi connectivity index (χ4n) is 6.54. The first kappa shape index (κ1) is 26.6. The number of rotatable bonds is 8. The molecule has 2 fully saturated rings. The summed E-state index contributed by atoms with van der Waals surface area (Å²) in [5.74, 6) is 1.69. The minimum absolute atomic E-state index is 0.200. The van der Waals surface area contributed by atoms with Crippen molar-refractivity contribution in [3.63, 3.8) is 0 Å². The number of hydrogen-bond acceptors (Lipinski definition) is 6. The Morgan fingerprint density at radius 2 is 1.81 bits per heavy atom. The molecule has 3 unspecified atom stereocenters. The summed E-state index contributed by atoms with van der Waals surface area (Å²) in [6, 6.07) is 4.44. The van der Waals surface area contributed by atoms with Crippen molar-refractivity contribution in [3.05, 3.63) is 23.3 Å². The van der Waals surface area contributed by atoms with E-state index in [0.717, 1.165) is 63.1 Å². The summed E-state index contributed by atoms with van der Waals surface area (Å²) in [7, 11) is 3.33. The predicted molar refractivity (Wildman–Crippen MR) is 137 cm³/mol. The van der Waals surface area contributed by atoms with Crippen molar-refractivity contribution >= 4 is 12.1 Å². The zero-order chi connectivity index (χ0) is 25.9. The Hall–Kier alpha value is -2.48. The van der Waals surface area contributed by atoms with Gasteiger partial charge in [0.2, 0.25) is 0 Å². The van der Waals surface area contributed by atoms with Crippen LogP contribution in [0.5, 0.6) is 11.5 Å². The molecule has 8 heteroatoms. The van der Waals surface area contributed by atoms with Gasteiger partial charge >= 0.3 is 12.1 Å². The molecule has 2 aliphatic heterocycles. The molecular formula is C28H42N2O6. The van der Waals surface area contributed by atoms with Gasteiger partial charge in [0.05, 0.1) is 20.8 Å². The smallest absolute Gasteiger partial charge is 0.408 e. The zero-order valence-corrected chi connectivity index (χ0v) is 22.2. The lowest BCUT2D eigenvalue weighted by Gasteiger charge is -2.47. The molecule has 3 aliphatic rings. The molecule has 200 valence electrons. The fraction of sp³-hybridized carbons (Fsp3) is 0.714. The third-order valence-corrected chi connectivity index (χ3v) is 8.44. The van der Waals surface area contributed by atoms with E-state index in [0.29, 0.717) is 31.3 Å². The molecule has 0 spiro atoms. The summed E-state index contributed by atoms with van der Waals surface area (Å²) >= 11 is 0. The number of piperidine rings is 1. The maximum atomic E-state index is 12.8. The highest BCUT2D eigenvalue weighted by Crippen LogP contribution is 2.45. The fourth-order valence-corrected chi connectivity index (χ4v) is 6.54. The lowest BCUT2D eigenvalue weighted by atomic mass is 9.74. The van der Waals surface area contributed by atoms with Gasteiger partial charge in [0.15, 0.2) is 11.5 Å². The number of amides is 1. The summed E-state index contributed by atoms with van der Waals surface area (Å²) in [5, 5.41) is 12.5. The number of carbonyl (C=O) groups excluding carboxylic acids is 1. The van der Waals surface area contributed by atoms with E-state index in [9.17, 15) is 14.7 Å². The molecular weight excluding hydrogens is 460 g/mol. The van der Waals surface area contributed by atoms with Crippen molar-refractivity contribution in [2.75, 3.05) is 33.9 Å². The van der Waals surface area contributed by atoms with E-state index < -0.39 is 17.6 Å². The van der Waals surface area contributed by atoms with Gasteiger partial charge in [-0.05, 0) is 73.1 Å². The first-order valence-corrected chi connectivity index (χ1v) is 13.4. The Balaban J connectivity index is 1.49. The Bertz CT molecular complexity index is 942. The van der Waals surface area contributed by atoms with Crippen molar-refractivity contribution in [2.45, 2.75) is 76.8 Å². The van der Waals surface area contributed by atoms with Gasteiger partial charge in [-0.1, -0.05) is 33.1 Å². The Morgan fingerprint density at radius 1 is 1.11 bits per heavy atom. The number of nitrogens with one attached hydrogen (secondary N) is 1. The van der Waals surface area contributed by atoms with Gasteiger partial charge in [0.25, 0.3) is 0 Å². The highest BCUT2D eigenvalue weighted by Gasteiger charge is 2.43. The Kier molecular flexibility index (Phi) is 8.33. The van der Waals surface area contributed by atoms with Gasteiger partial charge in [-0.15, -0.1) is 0 Å². The van der Waals surface area contributed by atoms with Crippen LogP contribution in [0.2, 0.25) is 0 Å². The van der Waals surface area contributed by atoms with Crippen LogP contribution >= 0.6 is 0 Å². The average molecular weight is 503 g/mol. The minimum Gasteiger partial charge on any atom is -0.493 e. The van der Waals surface area contributed by atoms with Crippen LogP contribution in [-0.4, -0.2) is 61.5 Å². The molecule has 8 nitrogen and oxygen atoms in total. The Labute approximate surface area is 214 Å². The van der Waals surface area contributed by atoms with Crippen molar-refractivity contribution in [1.82, 2.24) is 10.2 Å². The number of ether oxygens (including phenoxy) is 3. The molecule has 0 aromatic heterocycles. The molecule has 36 heavy (non-hydrogen) atoms. The van der Waals surface area contributed by atoms with E-state index in [1.165, 1.54) is 11.1 Å². The summed E-state index contributed by atoms with van der Waals surface area (Å²) < 4.78 is 16.9. The molecule has 1 amide bonds. The number of carboxylic acids is 1. The molecule has 2 N–H and O–H groups in total. The summed E-state index contributed by atoms with van der Waals surface area (Å²) in [6.45, 7) is 6.73. The van der Waals surface area contributed by atoms with Crippen LogP contribution in [0.4, 0.5) is 4.79 Å². The lowest BCUT2D eigenvalue weighted by Crippen LogP contribution is -2.56. The molecule has 1 aromatic rings. The Morgan fingerprint density at radius 3 is 2.44 bits per heavy atom.